The molecule has 0 spiro atoms. The maximum absolute atomic E-state index is 11.4. The first kappa shape index (κ1) is 21.8. The molecule has 3 rings (SSSR count). The molecule has 0 radical (unpaired) electrons. The molecule has 0 bridgehead atoms. The summed E-state index contributed by atoms with van der Waals surface area (Å²) >= 11 is 0. The van der Waals surface area contributed by atoms with Crippen LogP contribution in [0.1, 0.15) is 16.7 Å². The van der Waals surface area contributed by atoms with Gasteiger partial charge < -0.3 is 20.4 Å². The lowest BCUT2D eigenvalue weighted by molar-refractivity contribution is -0.155. The Hall–Kier alpha value is -3.48. The van der Waals surface area contributed by atoms with Crippen LogP contribution >= 0.6 is 0 Å². The highest BCUT2D eigenvalue weighted by Crippen LogP contribution is 2.29. The Balaban J connectivity index is 0.000000221. The van der Waals surface area contributed by atoms with E-state index in [0.717, 1.165) is 5.56 Å². The van der Waals surface area contributed by atoms with Gasteiger partial charge in [0.15, 0.2) is 6.10 Å². The van der Waals surface area contributed by atoms with Crippen LogP contribution in [0.5, 0.6) is 0 Å². The molecule has 0 heterocycles. The molecule has 6 heteroatoms. The van der Waals surface area contributed by atoms with Crippen LogP contribution in [0, 0.1) is 0 Å². The van der Waals surface area contributed by atoms with Crippen LogP contribution in [0.2, 0.25) is 0 Å². The molecule has 29 heavy (non-hydrogen) atoms. The van der Waals surface area contributed by atoms with Gasteiger partial charge in [0, 0.05) is 6.42 Å². The first-order valence-electron chi connectivity index (χ1n) is 8.87. The van der Waals surface area contributed by atoms with E-state index in [4.69, 9.17) is 10.2 Å². The van der Waals surface area contributed by atoms with E-state index < -0.39 is 23.6 Å². The number of hydrogen-bond donors (Lipinski definition) is 4. The third kappa shape index (κ3) is 5.75. The van der Waals surface area contributed by atoms with Crippen LogP contribution in [0.4, 0.5) is 0 Å². The van der Waals surface area contributed by atoms with Gasteiger partial charge in [0.05, 0.1) is 0 Å². The van der Waals surface area contributed by atoms with E-state index in [0.29, 0.717) is 11.1 Å². The summed E-state index contributed by atoms with van der Waals surface area (Å²) in [5.74, 6) is -2.46. The molecule has 3 aromatic rings. The van der Waals surface area contributed by atoms with Gasteiger partial charge in [0.1, 0.15) is 0 Å². The molecule has 1 atom stereocenters. The first-order chi connectivity index (χ1) is 13.9. The molecule has 4 N–H and O–H groups in total. The molecule has 150 valence electrons. The third-order valence-corrected chi connectivity index (χ3v) is 4.25. The van der Waals surface area contributed by atoms with E-state index in [2.05, 4.69) is 0 Å². The minimum absolute atomic E-state index is 0.163. The molecule has 0 amide bonds. The zero-order valence-corrected chi connectivity index (χ0v) is 15.6. The van der Waals surface area contributed by atoms with Crippen LogP contribution in [-0.4, -0.2) is 38.5 Å². The standard InChI is InChI=1S/C14H12O3.C9H10O3/c15-13(16)14(17,11-7-3-1-4-8-11)12-9-5-2-6-10-12;10-8(9(11)12)6-7-4-2-1-3-5-7/h1-10,17H,(H,15,16);1-5,8,10H,6H2,(H,11,12). The highest BCUT2D eigenvalue weighted by Gasteiger charge is 2.39. The lowest BCUT2D eigenvalue weighted by Crippen LogP contribution is -2.36. The summed E-state index contributed by atoms with van der Waals surface area (Å²) in [6.07, 6.45) is -1.14. The minimum atomic E-state index is -2.00. The lowest BCUT2D eigenvalue weighted by atomic mass is 9.86. The molecule has 0 aliphatic carbocycles. The van der Waals surface area contributed by atoms with Crippen LogP contribution in [-0.2, 0) is 21.6 Å². The maximum Gasteiger partial charge on any atom is 0.345 e. The van der Waals surface area contributed by atoms with Crippen molar-refractivity contribution in [3.63, 3.8) is 0 Å². The summed E-state index contributed by atoms with van der Waals surface area (Å²) in [4.78, 5) is 21.6. The molecule has 6 nitrogen and oxygen atoms in total. The summed E-state index contributed by atoms with van der Waals surface area (Å²) in [6.45, 7) is 0. The predicted molar refractivity (Wildman–Crippen MR) is 107 cm³/mol. The van der Waals surface area contributed by atoms with Crippen molar-refractivity contribution < 1.29 is 30.0 Å². The quantitative estimate of drug-likeness (QED) is 0.511. The van der Waals surface area contributed by atoms with Crippen molar-refractivity contribution in [1.82, 2.24) is 0 Å². The van der Waals surface area contributed by atoms with E-state index in [9.17, 15) is 19.8 Å². The highest BCUT2D eigenvalue weighted by atomic mass is 16.4. The summed E-state index contributed by atoms with van der Waals surface area (Å²) in [6, 6.07) is 25.8. The van der Waals surface area contributed by atoms with Gasteiger partial charge in [-0.2, -0.15) is 0 Å². The fourth-order valence-electron chi connectivity index (χ4n) is 2.70. The third-order valence-electron chi connectivity index (χ3n) is 4.25. The van der Waals surface area contributed by atoms with Gasteiger partial charge in [-0.05, 0) is 16.7 Å². The van der Waals surface area contributed by atoms with Crippen molar-refractivity contribution in [2.24, 2.45) is 0 Å². The lowest BCUT2D eigenvalue weighted by Gasteiger charge is -2.24. The molecule has 3 aromatic carbocycles. The molecule has 0 aliphatic heterocycles. The second-order valence-electron chi connectivity index (χ2n) is 6.29. The summed E-state index contributed by atoms with van der Waals surface area (Å²) in [5.41, 5.74) is -0.479. The number of carboxylic acid groups (broad SMARTS) is 2. The fraction of sp³-hybridized carbons (Fsp3) is 0.130. The number of aliphatic carboxylic acids is 2. The molecule has 0 saturated heterocycles. The maximum atomic E-state index is 11.4. The van der Waals surface area contributed by atoms with Crippen LogP contribution in [0.15, 0.2) is 91.0 Å². The predicted octanol–water partition coefficient (Wildman–Crippen LogP) is 2.68. The zero-order valence-electron chi connectivity index (χ0n) is 15.6. The number of carbonyl (C=O) groups is 2. The second kappa shape index (κ2) is 10.2. The largest absolute Gasteiger partial charge is 0.479 e. The molecular weight excluding hydrogens is 372 g/mol. The highest BCUT2D eigenvalue weighted by molar-refractivity contribution is 5.83. The molecule has 0 saturated carbocycles. The van der Waals surface area contributed by atoms with Gasteiger partial charge >= 0.3 is 11.9 Å². The Kier molecular flexibility index (Phi) is 7.65. The van der Waals surface area contributed by atoms with Crippen molar-refractivity contribution >= 4 is 11.9 Å². The van der Waals surface area contributed by atoms with Gasteiger partial charge in [0.25, 0.3) is 0 Å². The smallest absolute Gasteiger partial charge is 0.345 e. The Morgan fingerprint density at radius 3 is 1.45 bits per heavy atom. The molecule has 1 unspecified atom stereocenters. The number of aliphatic hydroxyl groups is 2. The first-order valence-corrected chi connectivity index (χ1v) is 8.87. The van der Waals surface area contributed by atoms with Gasteiger partial charge in [0.2, 0.25) is 5.60 Å². The van der Waals surface area contributed by atoms with Crippen LogP contribution < -0.4 is 0 Å². The normalized spacial score (nSPS) is 11.7. The topological polar surface area (TPSA) is 115 Å². The molecular formula is C23H22O6. The molecule has 0 aromatic heterocycles. The molecule has 0 fully saturated rings. The Labute approximate surface area is 168 Å². The number of carboxylic acids is 2. The zero-order chi connectivity index (χ0) is 21.3. The van der Waals surface area contributed by atoms with E-state index >= 15 is 0 Å². The van der Waals surface area contributed by atoms with E-state index in [1.54, 1.807) is 72.8 Å². The number of rotatable bonds is 6. The number of benzene rings is 3. The number of aliphatic hydroxyl groups excluding tert-OH is 1. The van der Waals surface area contributed by atoms with Crippen molar-refractivity contribution in [3.8, 4) is 0 Å². The SMILES string of the molecule is O=C(O)C(O)(c1ccccc1)c1ccccc1.O=C(O)C(O)Cc1ccccc1. The summed E-state index contributed by atoms with van der Waals surface area (Å²) in [5, 5.41) is 37.1. The monoisotopic (exact) mass is 394 g/mol. The van der Waals surface area contributed by atoms with Crippen molar-refractivity contribution in [2.75, 3.05) is 0 Å². The second-order valence-corrected chi connectivity index (χ2v) is 6.29. The van der Waals surface area contributed by atoms with Crippen LogP contribution in [0.3, 0.4) is 0 Å². The number of hydrogen-bond acceptors (Lipinski definition) is 4. The Bertz CT molecular complexity index is 870. The Morgan fingerprint density at radius 2 is 1.10 bits per heavy atom. The van der Waals surface area contributed by atoms with Gasteiger partial charge in [-0.3, -0.25) is 0 Å². The van der Waals surface area contributed by atoms with Gasteiger partial charge in [-0.1, -0.05) is 91.0 Å². The summed E-state index contributed by atoms with van der Waals surface area (Å²) in [7, 11) is 0. The van der Waals surface area contributed by atoms with Gasteiger partial charge in [-0.25, -0.2) is 9.59 Å². The summed E-state index contributed by atoms with van der Waals surface area (Å²) < 4.78 is 0. The van der Waals surface area contributed by atoms with Gasteiger partial charge in [-0.15, -0.1) is 0 Å². The van der Waals surface area contributed by atoms with E-state index in [1.807, 2.05) is 18.2 Å². The fourth-order valence-corrected chi connectivity index (χ4v) is 2.70. The van der Waals surface area contributed by atoms with E-state index in [1.165, 1.54) is 0 Å². The van der Waals surface area contributed by atoms with Crippen molar-refractivity contribution in [3.05, 3.63) is 108 Å². The van der Waals surface area contributed by atoms with Crippen molar-refractivity contribution in [1.29, 1.82) is 0 Å². The van der Waals surface area contributed by atoms with Crippen LogP contribution in [0.25, 0.3) is 0 Å². The molecule has 0 aliphatic rings. The average molecular weight is 394 g/mol. The van der Waals surface area contributed by atoms with Crippen molar-refractivity contribution in [2.45, 2.75) is 18.1 Å². The van der Waals surface area contributed by atoms with E-state index in [-0.39, 0.29) is 6.42 Å². The average Bonchev–Trinajstić information content (AvgIpc) is 2.75. The Morgan fingerprint density at radius 1 is 0.724 bits per heavy atom. The minimum Gasteiger partial charge on any atom is -0.479 e.